The van der Waals surface area contributed by atoms with Gasteiger partial charge in [0.25, 0.3) is 0 Å². The topological polar surface area (TPSA) is 38.9 Å². The largest absolute Gasteiger partial charge is 0.472 e. The first-order valence-electron chi connectivity index (χ1n) is 3.36. The van der Waals surface area contributed by atoms with Gasteiger partial charge in [-0.25, -0.2) is 9.97 Å². The summed E-state index contributed by atoms with van der Waals surface area (Å²) < 4.78 is 5.52. The fraction of sp³-hybridized carbons (Fsp3) is 0. The number of hydrogen-bond donors (Lipinski definition) is 0. The first-order chi connectivity index (χ1) is 5.86. The summed E-state index contributed by atoms with van der Waals surface area (Å²) in [4.78, 5) is 8.00. The van der Waals surface area contributed by atoms with Crippen LogP contribution in [0.4, 0.5) is 0 Å². The third kappa shape index (κ3) is 1.38. The summed E-state index contributed by atoms with van der Waals surface area (Å²) in [6.45, 7) is 0. The van der Waals surface area contributed by atoms with Crippen LogP contribution in [-0.4, -0.2) is 9.97 Å². The van der Waals surface area contributed by atoms with Crippen molar-refractivity contribution < 1.29 is 4.42 Å². The molecule has 0 fully saturated rings. The smallest absolute Gasteiger partial charge is 0.196 e. The van der Waals surface area contributed by atoms with Crippen LogP contribution >= 0.6 is 15.9 Å². The summed E-state index contributed by atoms with van der Waals surface area (Å²) in [6, 6.07) is 1.87. The summed E-state index contributed by atoms with van der Waals surface area (Å²) >= 11 is 3.16. The molecular weight excluding hydrogens is 220 g/mol. The molecule has 0 amide bonds. The van der Waals surface area contributed by atoms with Gasteiger partial charge < -0.3 is 4.42 Å². The second-order valence-electron chi connectivity index (χ2n) is 2.25. The van der Waals surface area contributed by atoms with E-state index in [-0.39, 0.29) is 0 Å². The van der Waals surface area contributed by atoms with Gasteiger partial charge in [0.05, 0.1) is 12.5 Å². The summed E-state index contributed by atoms with van der Waals surface area (Å²) in [7, 11) is 0. The maximum absolute atomic E-state index is 4.93. The molecule has 2 aromatic heterocycles. The maximum Gasteiger partial charge on any atom is 0.196 e. The lowest BCUT2D eigenvalue weighted by molar-refractivity contribution is 0.568. The molecule has 2 aromatic rings. The van der Waals surface area contributed by atoms with Crippen LogP contribution in [0.3, 0.4) is 0 Å². The van der Waals surface area contributed by atoms with E-state index in [0.29, 0.717) is 4.73 Å². The van der Waals surface area contributed by atoms with Gasteiger partial charge in [-0.3, -0.25) is 0 Å². The highest BCUT2D eigenvalue weighted by Crippen LogP contribution is 2.17. The average Bonchev–Trinajstić information content (AvgIpc) is 2.58. The van der Waals surface area contributed by atoms with Gasteiger partial charge in [-0.1, -0.05) is 0 Å². The highest BCUT2D eigenvalue weighted by molar-refractivity contribution is 9.10. The Labute approximate surface area is 77.6 Å². The summed E-state index contributed by atoms with van der Waals surface area (Å²) in [5, 5.41) is 0. The molecule has 60 valence electrons. The summed E-state index contributed by atoms with van der Waals surface area (Å²) in [5.41, 5.74) is 1.94. The zero-order chi connectivity index (χ0) is 8.39. The molecular formula is C8H5BrN2O. The molecule has 0 radical (unpaired) electrons. The second-order valence-corrected chi connectivity index (χ2v) is 2.96. The van der Waals surface area contributed by atoms with Crippen LogP contribution in [0.1, 0.15) is 0 Å². The quantitative estimate of drug-likeness (QED) is 0.700. The molecule has 0 atom stereocenters. The van der Waals surface area contributed by atoms with Crippen molar-refractivity contribution in [2.75, 3.05) is 0 Å². The fourth-order valence-electron chi connectivity index (χ4n) is 0.890. The van der Waals surface area contributed by atoms with Gasteiger partial charge in [-0.2, -0.15) is 0 Å². The summed E-state index contributed by atoms with van der Waals surface area (Å²) in [6.07, 6.45) is 6.76. The number of hydrogen-bond acceptors (Lipinski definition) is 3. The van der Waals surface area contributed by atoms with E-state index in [1.54, 1.807) is 24.9 Å². The number of nitrogens with zero attached hydrogens (tertiary/aromatic N) is 2. The van der Waals surface area contributed by atoms with Gasteiger partial charge in [0.15, 0.2) is 4.73 Å². The predicted molar refractivity (Wildman–Crippen MR) is 47.4 cm³/mol. The standard InChI is InChI=1S/C8H5BrN2O/c9-8-10-3-7(4-11-8)6-1-2-12-5-6/h1-5H. The van der Waals surface area contributed by atoms with Gasteiger partial charge in [0.2, 0.25) is 0 Å². The molecule has 0 aromatic carbocycles. The van der Waals surface area contributed by atoms with E-state index in [2.05, 4.69) is 25.9 Å². The number of aromatic nitrogens is 2. The molecule has 0 spiro atoms. The van der Waals surface area contributed by atoms with Crippen LogP contribution in [-0.2, 0) is 0 Å². The van der Waals surface area contributed by atoms with E-state index in [9.17, 15) is 0 Å². The van der Waals surface area contributed by atoms with E-state index < -0.39 is 0 Å². The van der Waals surface area contributed by atoms with E-state index in [4.69, 9.17) is 4.42 Å². The van der Waals surface area contributed by atoms with Gasteiger partial charge in [-0.05, 0) is 22.0 Å². The Kier molecular flexibility index (Phi) is 1.91. The lowest BCUT2D eigenvalue weighted by Gasteiger charge is -1.93. The fourth-order valence-corrected chi connectivity index (χ4v) is 1.09. The number of rotatable bonds is 1. The van der Waals surface area contributed by atoms with E-state index >= 15 is 0 Å². The van der Waals surface area contributed by atoms with Crippen molar-refractivity contribution in [1.82, 2.24) is 9.97 Å². The molecule has 0 aliphatic carbocycles. The van der Waals surface area contributed by atoms with Crippen LogP contribution in [0.25, 0.3) is 11.1 Å². The minimum atomic E-state index is 0.592. The maximum atomic E-state index is 4.93. The zero-order valence-corrected chi connectivity index (χ0v) is 7.65. The van der Waals surface area contributed by atoms with Crippen molar-refractivity contribution >= 4 is 15.9 Å². The Balaban J connectivity index is 2.43. The average molecular weight is 225 g/mol. The van der Waals surface area contributed by atoms with Crippen molar-refractivity contribution in [3.05, 3.63) is 35.7 Å². The SMILES string of the molecule is Brc1ncc(-c2ccoc2)cn1. The monoisotopic (exact) mass is 224 g/mol. The van der Waals surface area contributed by atoms with Gasteiger partial charge >= 0.3 is 0 Å². The van der Waals surface area contributed by atoms with Crippen LogP contribution in [0.2, 0.25) is 0 Å². The molecule has 0 aliphatic heterocycles. The molecule has 0 unspecified atom stereocenters. The highest BCUT2D eigenvalue weighted by Gasteiger charge is 1.98. The van der Waals surface area contributed by atoms with Crippen molar-refractivity contribution in [2.45, 2.75) is 0 Å². The van der Waals surface area contributed by atoms with Crippen molar-refractivity contribution in [3.63, 3.8) is 0 Å². The van der Waals surface area contributed by atoms with Crippen LogP contribution in [0, 0.1) is 0 Å². The molecule has 0 bridgehead atoms. The Morgan fingerprint density at radius 1 is 1.17 bits per heavy atom. The Bertz CT molecular complexity index is 355. The van der Waals surface area contributed by atoms with E-state index in [1.165, 1.54) is 0 Å². The lowest BCUT2D eigenvalue weighted by atomic mass is 10.2. The number of halogens is 1. The third-order valence-electron chi connectivity index (χ3n) is 1.47. The Hall–Kier alpha value is -1.16. The third-order valence-corrected chi connectivity index (χ3v) is 1.88. The minimum absolute atomic E-state index is 0.592. The van der Waals surface area contributed by atoms with Gasteiger partial charge in [-0.15, -0.1) is 0 Å². The molecule has 2 heterocycles. The summed E-state index contributed by atoms with van der Waals surface area (Å²) in [5.74, 6) is 0. The number of furan rings is 1. The van der Waals surface area contributed by atoms with Crippen molar-refractivity contribution in [3.8, 4) is 11.1 Å². The molecule has 2 rings (SSSR count). The minimum Gasteiger partial charge on any atom is -0.472 e. The van der Waals surface area contributed by atoms with Gasteiger partial charge in [0, 0.05) is 23.5 Å². The molecule has 0 saturated heterocycles. The van der Waals surface area contributed by atoms with Crippen LogP contribution < -0.4 is 0 Å². The zero-order valence-electron chi connectivity index (χ0n) is 6.07. The molecule has 12 heavy (non-hydrogen) atoms. The van der Waals surface area contributed by atoms with Crippen molar-refractivity contribution in [2.24, 2.45) is 0 Å². The second kappa shape index (κ2) is 3.06. The van der Waals surface area contributed by atoms with Crippen LogP contribution in [0.5, 0.6) is 0 Å². The predicted octanol–water partition coefficient (Wildman–Crippen LogP) is 2.50. The van der Waals surface area contributed by atoms with Crippen LogP contribution in [0.15, 0.2) is 40.1 Å². The molecule has 4 heteroatoms. The van der Waals surface area contributed by atoms with Crippen molar-refractivity contribution in [1.29, 1.82) is 0 Å². The van der Waals surface area contributed by atoms with E-state index in [0.717, 1.165) is 11.1 Å². The van der Waals surface area contributed by atoms with E-state index in [1.807, 2.05) is 6.07 Å². The highest BCUT2D eigenvalue weighted by atomic mass is 79.9. The molecule has 0 saturated carbocycles. The first kappa shape index (κ1) is 7.49. The molecule has 0 aliphatic rings. The Morgan fingerprint density at radius 3 is 2.50 bits per heavy atom. The normalized spacial score (nSPS) is 10.1. The lowest BCUT2D eigenvalue weighted by Crippen LogP contribution is -1.82. The Morgan fingerprint density at radius 2 is 1.92 bits per heavy atom. The van der Waals surface area contributed by atoms with Gasteiger partial charge in [0.1, 0.15) is 0 Å². The molecule has 3 nitrogen and oxygen atoms in total. The first-order valence-corrected chi connectivity index (χ1v) is 4.16. The molecule has 0 N–H and O–H groups in total.